The van der Waals surface area contributed by atoms with Crippen LogP contribution in [0.3, 0.4) is 0 Å². The van der Waals surface area contributed by atoms with Crippen LogP contribution in [-0.2, 0) is 8.85 Å². The second kappa shape index (κ2) is 6.08. The maximum Gasteiger partial charge on any atom is 0.428 e. The van der Waals surface area contributed by atoms with Crippen LogP contribution in [0.2, 0.25) is 12.6 Å². The molecule has 126 valence electrons. The quantitative estimate of drug-likeness (QED) is 0.504. The fraction of sp³-hybridized carbons (Fsp3) is 1.00. The van der Waals surface area contributed by atoms with Crippen LogP contribution in [0.25, 0.3) is 0 Å². The zero-order valence-electron chi connectivity index (χ0n) is 12.2. The summed E-state index contributed by atoms with van der Waals surface area (Å²) in [6, 6.07) is 0.0528. The molecule has 1 saturated carbocycles. The van der Waals surface area contributed by atoms with Gasteiger partial charge in [-0.2, -0.15) is 13.2 Å². The third-order valence-electron chi connectivity index (χ3n) is 3.86. The van der Waals surface area contributed by atoms with E-state index in [1.54, 1.807) is 20.4 Å². The molecule has 0 saturated heterocycles. The highest BCUT2D eigenvalue weighted by Gasteiger charge is 2.81. The zero-order valence-corrected chi connectivity index (χ0v) is 13.2. The Labute approximate surface area is 121 Å². The van der Waals surface area contributed by atoms with Crippen LogP contribution in [0.4, 0.5) is 26.3 Å². The number of halogens is 6. The molecule has 0 aliphatic heterocycles. The Kier molecular flexibility index (Phi) is 5.43. The topological polar surface area (TPSA) is 18.5 Å². The number of rotatable bonds is 7. The first-order valence-corrected chi connectivity index (χ1v) is 9.37. The van der Waals surface area contributed by atoms with Gasteiger partial charge in [-0.05, 0) is 32.9 Å². The Morgan fingerprint density at radius 1 is 1.10 bits per heavy atom. The first kappa shape index (κ1) is 18.8. The highest BCUT2D eigenvalue weighted by atomic mass is 28.4. The first-order valence-electron chi connectivity index (χ1n) is 6.85. The molecule has 1 aliphatic rings. The van der Waals surface area contributed by atoms with E-state index in [0.29, 0.717) is 13.2 Å². The number of hydrogen-bond donors (Lipinski definition) is 0. The summed E-state index contributed by atoms with van der Waals surface area (Å²) in [5.74, 6) is -6.11. The molecule has 1 rings (SSSR count). The maximum absolute atomic E-state index is 13.9. The van der Waals surface area contributed by atoms with Crippen molar-refractivity contribution >= 4 is 8.56 Å². The summed E-state index contributed by atoms with van der Waals surface area (Å²) in [6.07, 6.45) is -6.99. The molecule has 0 heterocycles. The zero-order chi connectivity index (χ0) is 16.5. The minimum atomic E-state index is -5.57. The standard InChI is InChI=1S/C12H20F6O2Si/c1-4-19-21(3,20-5-2)7-6-9-8-10(13,14)11(9,15)12(16,17)18/h9H,4-8H2,1-3H3. The van der Waals surface area contributed by atoms with E-state index < -0.39 is 38.7 Å². The molecule has 0 bridgehead atoms. The third-order valence-corrected chi connectivity index (χ3v) is 6.85. The van der Waals surface area contributed by atoms with Crippen molar-refractivity contribution in [2.24, 2.45) is 5.92 Å². The molecule has 1 fully saturated rings. The van der Waals surface area contributed by atoms with Crippen LogP contribution < -0.4 is 0 Å². The summed E-state index contributed by atoms with van der Waals surface area (Å²) in [6.45, 7) is 5.67. The van der Waals surface area contributed by atoms with E-state index in [9.17, 15) is 26.3 Å². The lowest BCUT2D eigenvalue weighted by Gasteiger charge is -2.50. The molecule has 9 heteroatoms. The summed E-state index contributed by atoms with van der Waals surface area (Å²) in [4.78, 5) is 0. The van der Waals surface area contributed by atoms with E-state index in [2.05, 4.69) is 0 Å². The Hall–Kier alpha value is -0.283. The molecule has 0 amide bonds. The van der Waals surface area contributed by atoms with Gasteiger partial charge in [0.1, 0.15) is 0 Å². The molecule has 1 aliphatic carbocycles. The Balaban J connectivity index is 2.76. The second-order valence-electron chi connectivity index (χ2n) is 5.35. The normalized spacial score (nSPS) is 29.3. The molecular weight excluding hydrogens is 318 g/mol. The molecular formula is C12H20F6O2Si. The van der Waals surface area contributed by atoms with E-state index in [-0.39, 0.29) is 12.5 Å². The van der Waals surface area contributed by atoms with Gasteiger partial charge in [-0.15, -0.1) is 0 Å². The van der Waals surface area contributed by atoms with Gasteiger partial charge in [-0.1, -0.05) is 0 Å². The average molecular weight is 338 g/mol. The molecule has 0 aromatic rings. The number of alkyl halides is 6. The fourth-order valence-corrected chi connectivity index (χ4v) is 5.21. The summed E-state index contributed by atoms with van der Waals surface area (Å²) in [7, 11) is -2.74. The van der Waals surface area contributed by atoms with Crippen LogP contribution in [-0.4, -0.2) is 39.5 Å². The maximum atomic E-state index is 13.9. The van der Waals surface area contributed by atoms with E-state index in [1.807, 2.05) is 0 Å². The van der Waals surface area contributed by atoms with Crippen LogP contribution in [0.15, 0.2) is 0 Å². The summed E-state index contributed by atoms with van der Waals surface area (Å²) in [5, 5.41) is 0. The highest BCUT2D eigenvalue weighted by molar-refractivity contribution is 6.66. The average Bonchev–Trinajstić information content (AvgIpc) is 2.32. The van der Waals surface area contributed by atoms with Gasteiger partial charge in [-0.25, -0.2) is 13.2 Å². The molecule has 0 N–H and O–H groups in total. The monoisotopic (exact) mass is 338 g/mol. The minimum absolute atomic E-state index is 0.0528. The molecule has 2 atom stereocenters. The van der Waals surface area contributed by atoms with Gasteiger partial charge in [0.15, 0.2) is 0 Å². The van der Waals surface area contributed by atoms with Gasteiger partial charge < -0.3 is 8.85 Å². The van der Waals surface area contributed by atoms with Crippen molar-refractivity contribution in [2.45, 2.75) is 57.0 Å². The van der Waals surface area contributed by atoms with Gasteiger partial charge in [0.25, 0.3) is 11.6 Å². The Bertz CT molecular complexity index is 344. The predicted molar refractivity (Wildman–Crippen MR) is 67.2 cm³/mol. The van der Waals surface area contributed by atoms with Crippen molar-refractivity contribution in [3.05, 3.63) is 0 Å². The van der Waals surface area contributed by atoms with Crippen molar-refractivity contribution in [1.82, 2.24) is 0 Å². The van der Waals surface area contributed by atoms with Crippen LogP contribution in [0.1, 0.15) is 26.7 Å². The van der Waals surface area contributed by atoms with E-state index >= 15 is 0 Å². The SMILES string of the molecule is CCO[Si](C)(CCC1CC(F)(F)C1(F)C(F)(F)F)OCC. The Morgan fingerprint density at radius 3 is 1.90 bits per heavy atom. The van der Waals surface area contributed by atoms with E-state index in [4.69, 9.17) is 8.85 Å². The lowest BCUT2D eigenvalue weighted by Crippen LogP contribution is -2.69. The van der Waals surface area contributed by atoms with Crippen molar-refractivity contribution < 1.29 is 35.2 Å². The van der Waals surface area contributed by atoms with Crippen LogP contribution in [0.5, 0.6) is 0 Å². The molecule has 0 aromatic heterocycles. The van der Waals surface area contributed by atoms with Crippen molar-refractivity contribution in [1.29, 1.82) is 0 Å². The summed E-state index contributed by atoms with van der Waals surface area (Å²) >= 11 is 0. The smallest absolute Gasteiger partial charge is 0.395 e. The fourth-order valence-electron chi connectivity index (χ4n) is 2.74. The van der Waals surface area contributed by atoms with Crippen molar-refractivity contribution in [3.63, 3.8) is 0 Å². The molecule has 0 spiro atoms. The largest absolute Gasteiger partial charge is 0.428 e. The first-order chi connectivity index (χ1) is 9.43. The summed E-state index contributed by atoms with van der Waals surface area (Å²) in [5.41, 5.74) is -4.44. The lowest BCUT2D eigenvalue weighted by atomic mass is 9.65. The summed E-state index contributed by atoms with van der Waals surface area (Å²) < 4.78 is 88.8. The minimum Gasteiger partial charge on any atom is -0.395 e. The van der Waals surface area contributed by atoms with Gasteiger partial charge in [0, 0.05) is 25.6 Å². The molecule has 21 heavy (non-hydrogen) atoms. The van der Waals surface area contributed by atoms with Crippen LogP contribution >= 0.6 is 0 Å². The van der Waals surface area contributed by atoms with Crippen molar-refractivity contribution in [3.8, 4) is 0 Å². The predicted octanol–water partition coefficient (Wildman–Crippen LogP) is 4.45. The van der Waals surface area contributed by atoms with Gasteiger partial charge >= 0.3 is 14.7 Å². The third kappa shape index (κ3) is 3.39. The molecule has 2 nitrogen and oxygen atoms in total. The van der Waals surface area contributed by atoms with E-state index in [1.165, 1.54) is 0 Å². The lowest BCUT2D eigenvalue weighted by molar-refractivity contribution is -0.371. The highest BCUT2D eigenvalue weighted by Crippen LogP contribution is 2.63. The van der Waals surface area contributed by atoms with Crippen LogP contribution in [0, 0.1) is 5.92 Å². The molecule has 0 aromatic carbocycles. The van der Waals surface area contributed by atoms with Gasteiger partial charge in [0.05, 0.1) is 0 Å². The number of hydrogen-bond acceptors (Lipinski definition) is 2. The second-order valence-corrected chi connectivity index (χ2v) is 8.70. The van der Waals surface area contributed by atoms with Gasteiger partial charge in [-0.3, -0.25) is 0 Å². The van der Waals surface area contributed by atoms with E-state index in [0.717, 1.165) is 0 Å². The molecule has 2 unspecified atom stereocenters. The Morgan fingerprint density at radius 2 is 1.57 bits per heavy atom. The van der Waals surface area contributed by atoms with Crippen molar-refractivity contribution in [2.75, 3.05) is 13.2 Å². The molecule has 0 radical (unpaired) electrons. The van der Waals surface area contributed by atoms with Gasteiger partial charge in [0.2, 0.25) is 0 Å².